The maximum Gasteiger partial charge on any atom is 0.219 e. The molecule has 33 heavy (non-hydrogen) atoms. The molecule has 170 valence electrons. The first-order chi connectivity index (χ1) is 16.0. The van der Waals surface area contributed by atoms with Gasteiger partial charge in [-0.2, -0.15) is 4.37 Å². The van der Waals surface area contributed by atoms with Crippen LogP contribution in [0.15, 0.2) is 40.3 Å². The highest BCUT2D eigenvalue weighted by Gasteiger charge is 2.44. The number of aryl methyl sites for hydroxylation is 1. The van der Waals surface area contributed by atoms with Gasteiger partial charge < -0.3 is 10.2 Å². The van der Waals surface area contributed by atoms with Crippen molar-refractivity contribution in [1.29, 1.82) is 0 Å². The van der Waals surface area contributed by atoms with Crippen molar-refractivity contribution in [1.82, 2.24) is 14.7 Å². The van der Waals surface area contributed by atoms with E-state index < -0.39 is 17.5 Å². The average molecular weight is 471 g/mol. The molecule has 1 saturated heterocycles. The Morgan fingerprint density at radius 1 is 1.09 bits per heavy atom. The van der Waals surface area contributed by atoms with Crippen molar-refractivity contribution in [3.63, 3.8) is 0 Å². The Morgan fingerprint density at radius 3 is 2.61 bits per heavy atom. The Hall–Kier alpha value is -3.01. The number of aliphatic imine (C=N–C) groups is 2. The average Bonchev–Trinajstić information content (AvgIpc) is 3.48. The maximum atomic E-state index is 14.5. The molecule has 4 aliphatic rings. The van der Waals surface area contributed by atoms with Crippen LogP contribution in [0.25, 0.3) is 5.57 Å². The van der Waals surface area contributed by atoms with E-state index in [2.05, 4.69) is 29.6 Å². The zero-order chi connectivity index (χ0) is 22.7. The van der Waals surface area contributed by atoms with Crippen LogP contribution in [0.3, 0.4) is 0 Å². The summed E-state index contributed by atoms with van der Waals surface area (Å²) >= 11 is 1.44. The fourth-order valence-corrected chi connectivity index (χ4v) is 6.00. The van der Waals surface area contributed by atoms with Crippen LogP contribution in [0, 0.1) is 36.2 Å². The second kappa shape index (κ2) is 7.79. The molecule has 2 bridgehead atoms. The largest absolute Gasteiger partial charge is 0.351 e. The van der Waals surface area contributed by atoms with Gasteiger partial charge in [-0.05, 0) is 43.7 Å². The van der Waals surface area contributed by atoms with Crippen molar-refractivity contribution >= 4 is 33.9 Å². The molecule has 6 rings (SSSR count). The van der Waals surface area contributed by atoms with Crippen LogP contribution in [0.5, 0.6) is 0 Å². The van der Waals surface area contributed by atoms with E-state index in [1.165, 1.54) is 17.6 Å². The summed E-state index contributed by atoms with van der Waals surface area (Å²) in [6, 6.07) is 2.05. The third-order valence-corrected chi connectivity index (χ3v) is 7.71. The minimum Gasteiger partial charge on any atom is -0.351 e. The minimum absolute atomic E-state index is 0.0146. The first kappa shape index (κ1) is 20.6. The predicted molar refractivity (Wildman–Crippen MR) is 122 cm³/mol. The number of rotatable bonds is 3. The van der Waals surface area contributed by atoms with Crippen molar-refractivity contribution in [2.75, 3.05) is 18.0 Å². The molecule has 10 heteroatoms. The van der Waals surface area contributed by atoms with E-state index in [1.807, 2.05) is 13.0 Å². The van der Waals surface area contributed by atoms with Gasteiger partial charge in [-0.3, -0.25) is 0 Å². The van der Waals surface area contributed by atoms with Crippen LogP contribution in [0.2, 0.25) is 0 Å². The molecule has 4 atom stereocenters. The minimum atomic E-state index is -1.48. The van der Waals surface area contributed by atoms with E-state index in [4.69, 9.17) is 0 Å². The highest BCUT2D eigenvalue weighted by molar-refractivity contribution is 7.09. The molecule has 0 spiro atoms. The number of halogens is 3. The van der Waals surface area contributed by atoms with E-state index in [0.29, 0.717) is 29.1 Å². The van der Waals surface area contributed by atoms with Gasteiger partial charge in [-0.15, -0.1) is 0 Å². The van der Waals surface area contributed by atoms with Crippen molar-refractivity contribution < 1.29 is 13.2 Å². The van der Waals surface area contributed by atoms with E-state index in [1.54, 1.807) is 12.2 Å². The standard InChI is InChI=1S/C23H21F3N6S/c1-11-27-23(33-31-11)32-9-12-5-6-13(10-32)20(12)29-22-28-17-4-2-3-15(21(17)30-22)14-7-8-16(24)19(26)18(14)25/h2-4,7-8,12-13,17,20H,5-6,9-10H2,1H3,(H,28,29)/t12-,13+,17?,20?. The Kier molecular flexibility index (Phi) is 4.86. The molecule has 1 aromatic heterocycles. The summed E-state index contributed by atoms with van der Waals surface area (Å²) in [5.74, 6) is -1.71. The van der Waals surface area contributed by atoms with Gasteiger partial charge in [0.1, 0.15) is 11.9 Å². The molecule has 2 fully saturated rings. The number of allylic oxidation sites excluding steroid dienone is 2. The fraction of sp³-hybridized carbons (Fsp3) is 0.391. The molecule has 2 aliphatic heterocycles. The molecule has 6 nitrogen and oxygen atoms in total. The van der Waals surface area contributed by atoms with Crippen LogP contribution in [0.1, 0.15) is 24.2 Å². The molecule has 1 saturated carbocycles. The smallest absolute Gasteiger partial charge is 0.219 e. The van der Waals surface area contributed by atoms with Gasteiger partial charge in [-0.25, -0.2) is 28.1 Å². The van der Waals surface area contributed by atoms with Gasteiger partial charge in [0, 0.05) is 41.8 Å². The molecule has 2 aliphatic carbocycles. The van der Waals surface area contributed by atoms with Gasteiger partial charge >= 0.3 is 0 Å². The molecular weight excluding hydrogens is 449 g/mol. The number of hydrogen-bond acceptors (Lipinski definition) is 7. The second-order valence-corrected chi connectivity index (χ2v) is 9.61. The summed E-state index contributed by atoms with van der Waals surface area (Å²) < 4.78 is 46.0. The molecule has 0 radical (unpaired) electrons. The van der Waals surface area contributed by atoms with Gasteiger partial charge in [0.2, 0.25) is 11.1 Å². The lowest BCUT2D eigenvalue weighted by molar-refractivity contribution is 0.329. The van der Waals surface area contributed by atoms with Crippen LogP contribution in [-0.2, 0) is 0 Å². The summed E-state index contributed by atoms with van der Waals surface area (Å²) in [6.45, 7) is 3.71. The van der Waals surface area contributed by atoms with Crippen LogP contribution in [0.4, 0.5) is 18.3 Å². The summed E-state index contributed by atoms with van der Waals surface area (Å²) in [5, 5.41) is 4.51. The molecule has 0 amide bonds. The van der Waals surface area contributed by atoms with Gasteiger partial charge in [0.25, 0.3) is 0 Å². The Balaban J connectivity index is 1.21. The van der Waals surface area contributed by atoms with Crippen molar-refractivity contribution in [2.24, 2.45) is 21.8 Å². The molecule has 1 aromatic carbocycles. The normalized spacial score (nSPS) is 27.9. The summed E-state index contributed by atoms with van der Waals surface area (Å²) in [6.07, 6.45) is 7.52. The van der Waals surface area contributed by atoms with Crippen molar-refractivity contribution in [3.8, 4) is 0 Å². The summed E-state index contributed by atoms with van der Waals surface area (Å²) in [7, 11) is 0. The Labute approximate surface area is 192 Å². The first-order valence-electron chi connectivity index (χ1n) is 11.0. The number of nitrogens with one attached hydrogen (secondary N) is 1. The van der Waals surface area contributed by atoms with Gasteiger partial charge in [0.05, 0.1) is 5.71 Å². The van der Waals surface area contributed by atoms with Crippen molar-refractivity contribution in [3.05, 3.63) is 59.2 Å². The monoisotopic (exact) mass is 470 g/mol. The van der Waals surface area contributed by atoms with E-state index in [0.717, 1.165) is 43.0 Å². The number of benzene rings is 1. The molecule has 2 unspecified atom stereocenters. The number of piperidine rings is 1. The quantitative estimate of drug-likeness (QED) is 0.691. The van der Waals surface area contributed by atoms with E-state index in [-0.39, 0.29) is 17.6 Å². The lowest BCUT2D eigenvalue weighted by atomic mass is 9.92. The Morgan fingerprint density at radius 2 is 1.88 bits per heavy atom. The third kappa shape index (κ3) is 3.47. The number of anilines is 1. The summed E-state index contributed by atoms with van der Waals surface area (Å²) in [5.41, 5.74) is 0.946. The van der Waals surface area contributed by atoms with E-state index in [9.17, 15) is 13.2 Å². The van der Waals surface area contributed by atoms with Crippen LogP contribution >= 0.6 is 11.5 Å². The summed E-state index contributed by atoms with van der Waals surface area (Å²) in [4.78, 5) is 16.2. The first-order valence-corrected chi connectivity index (χ1v) is 11.8. The number of nitrogens with zero attached hydrogens (tertiary/aromatic N) is 5. The van der Waals surface area contributed by atoms with Crippen LogP contribution in [-0.4, -0.2) is 46.2 Å². The topological polar surface area (TPSA) is 65.8 Å². The zero-order valence-electron chi connectivity index (χ0n) is 17.8. The molecular formula is C23H21F3N6S. The molecule has 3 heterocycles. The molecule has 2 aromatic rings. The van der Waals surface area contributed by atoms with Gasteiger partial charge in [-0.1, -0.05) is 18.2 Å². The number of hydrogen-bond donors (Lipinski definition) is 1. The zero-order valence-corrected chi connectivity index (χ0v) is 18.6. The number of aromatic nitrogens is 2. The lowest BCUT2D eigenvalue weighted by Crippen LogP contribution is -2.52. The van der Waals surface area contributed by atoms with Crippen molar-refractivity contribution in [2.45, 2.75) is 31.8 Å². The highest BCUT2D eigenvalue weighted by atomic mass is 32.1. The number of fused-ring (bicyclic) bond motifs is 3. The maximum absolute atomic E-state index is 14.5. The highest BCUT2D eigenvalue weighted by Crippen LogP contribution is 2.39. The molecule has 1 N–H and O–H groups in total. The predicted octanol–water partition coefficient (Wildman–Crippen LogP) is 3.90. The Bertz CT molecular complexity index is 1230. The SMILES string of the molecule is Cc1nsc(N2C[C@H]3CC[C@@H](C2)C3NC2=NC3C=CC=C(c4ccc(F)c(F)c4F)C3=N2)n1. The third-order valence-electron chi connectivity index (χ3n) is 6.84. The fourth-order valence-electron chi connectivity index (χ4n) is 5.31. The number of guanidine groups is 1. The van der Waals surface area contributed by atoms with Gasteiger partial charge in [0.15, 0.2) is 17.5 Å². The van der Waals surface area contributed by atoms with E-state index >= 15 is 0 Å². The second-order valence-electron chi connectivity index (χ2n) is 8.88. The van der Waals surface area contributed by atoms with Crippen LogP contribution < -0.4 is 10.2 Å². The lowest BCUT2D eigenvalue weighted by Gasteiger charge is -2.38.